The van der Waals surface area contributed by atoms with E-state index in [1.165, 1.54) is 11.8 Å². The van der Waals surface area contributed by atoms with Crippen LogP contribution in [-0.2, 0) is 4.74 Å². The number of aromatic carboxylic acids is 1. The third kappa shape index (κ3) is 4.27. The third-order valence-electron chi connectivity index (χ3n) is 2.26. The molecule has 0 aromatic carbocycles. The number of aromatic nitrogens is 2. The van der Waals surface area contributed by atoms with Crippen LogP contribution in [0.15, 0.2) is 5.03 Å². The molecule has 5 nitrogen and oxygen atoms in total. The Kier molecular flexibility index (Phi) is 6.07. The van der Waals surface area contributed by atoms with Gasteiger partial charge in [0.05, 0.1) is 5.69 Å². The van der Waals surface area contributed by atoms with Gasteiger partial charge in [-0.25, -0.2) is 14.8 Å². The van der Waals surface area contributed by atoms with Crippen molar-refractivity contribution < 1.29 is 14.6 Å². The molecule has 0 aliphatic heterocycles. The van der Waals surface area contributed by atoms with Crippen LogP contribution in [0.3, 0.4) is 0 Å². The molecular weight excluding hydrogens is 252 g/mol. The zero-order valence-corrected chi connectivity index (χ0v) is 11.7. The van der Waals surface area contributed by atoms with Gasteiger partial charge < -0.3 is 9.84 Å². The Hall–Kier alpha value is -1.14. The molecule has 1 N–H and O–H groups in total. The maximum atomic E-state index is 11.2. The van der Waals surface area contributed by atoms with Crippen molar-refractivity contribution in [3.63, 3.8) is 0 Å². The minimum atomic E-state index is -0.972. The highest BCUT2D eigenvalue weighted by molar-refractivity contribution is 7.99. The standard InChI is InChI=1S/C12H18N2O3S/c1-4-17-6-5-7-18-11-10(12(15)16)8(2)13-9(3)14-11/h4-7H2,1-3H3,(H,15,16). The molecule has 1 rings (SSSR count). The van der Waals surface area contributed by atoms with Crippen molar-refractivity contribution in [2.24, 2.45) is 0 Å². The van der Waals surface area contributed by atoms with Crippen LogP contribution >= 0.6 is 11.8 Å². The van der Waals surface area contributed by atoms with Crippen molar-refractivity contribution in [1.29, 1.82) is 0 Å². The molecule has 100 valence electrons. The largest absolute Gasteiger partial charge is 0.478 e. The molecule has 0 atom stereocenters. The summed E-state index contributed by atoms with van der Waals surface area (Å²) >= 11 is 1.44. The molecule has 0 aliphatic rings. The molecular formula is C12H18N2O3S. The number of aryl methyl sites for hydroxylation is 2. The molecule has 0 bridgehead atoms. The molecule has 1 aromatic heterocycles. The molecule has 18 heavy (non-hydrogen) atoms. The molecule has 0 saturated carbocycles. The van der Waals surface area contributed by atoms with E-state index in [-0.39, 0.29) is 5.56 Å². The maximum Gasteiger partial charge on any atom is 0.340 e. The van der Waals surface area contributed by atoms with Crippen LogP contribution in [0.4, 0.5) is 0 Å². The van der Waals surface area contributed by atoms with Gasteiger partial charge in [0.15, 0.2) is 0 Å². The summed E-state index contributed by atoms with van der Waals surface area (Å²) in [6.07, 6.45) is 0.875. The molecule has 1 heterocycles. The van der Waals surface area contributed by atoms with Gasteiger partial charge in [0.1, 0.15) is 16.4 Å². The average Bonchev–Trinajstić information content (AvgIpc) is 2.27. The Morgan fingerprint density at radius 2 is 2.11 bits per heavy atom. The lowest BCUT2D eigenvalue weighted by Gasteiger charge is -2.08. The van der Waals surface area contributed by atoms with E-state index in [9.17, 15) is 4.79 Å². The second kappa shape index (κ2) is 7.33. The number of carbonyl (C=O) groups is 1. The van der Waals surface area contributed by atoms with Crippen LogP contribution < -0.4 is 0 Å². The van der Waals surface area contributed by atoms with E-state index in [2.05, 4.69) is 9.97 Å². The fourth-order valence-electron chi connectivity index (χ4n) is 1.51. The normalized spacial score (nSPS) is 10.6. The van der Waals surface area contributed by atoms with Gasteiger partial charge in [-0.2, -0.15) is 0 Å². The quantitative estimate of drug-likeness (QED) is 0.465. The molecule has 0 saturated heterocycles. The number of rotatable bonds is 7. The van der Waals surface area contributed by atoms with Crippen LogP contribution in [0.2, 0.25) is 0 Å². The number of ether oxygens (including phenoxy) is 1. The van der Waals surface area contributed by atoms with Gasteiger partial charge in [-0.15, -0.1) is 11.8 Å². The zero-order chi connectivity index (χ0) is 13.5. The molecule has 0 fully saturated rings. The molecule has 0 spiro atoms. The van der Waals surface area contributed by atoms with Gasteiger partial charge in [-0.1, -0.05) is 0 Å². The predicted octanol–water partition coefficient (Wildman–Crippen LogP) is 2.31. The van der Waals surface area contributed by atoms with Crippen LogP contribution in [0.1, 0.15) is 35.2 Å². The van der Waals surface area contributed by atoms with Gasteiger partial charge in [0, 0.05) is 19.0 Å². The summed E-state index contributed by atoms with van der Waals surface area (Å²) in [5, 5.41) is 9.71. The molecule has 0 unspecified atom stereocenters. The summed E-state index contributed by atoms with van der Waals surface area (Å²) in [4.78, 5) is 19.5. The van der Waals surface area contributed by atoms with E-state index in [1.54, 1.807) is 13.8 Å². The SMILES string of the molecule is CCOCCCSc1nc(C)nc(C)c1C(=O)O. The molecule has 6 heteroatoms. The van der Waals surface area contributed by atoms with Gasteiger partial charge >= 0.3 is 5.97 Å². The summed E-state index contributed by atoms with van der Waals surface area (Å²) < 4.78 is 5.23. The first-order valence-corrected chi connectivity index (χ1v) is 6.84. The first-order chi connectivity index (χ1) is 8.56. The number of hydrogen-bond acceptors (Lipinski definition) is 5. The van der Waals surface area contributed by atoms with Crippen molar-refractivity contribution in [3.05, 3.63) is 17.1 Å². The van der Waals surface area contributed by atoms with Crippen LogP contribution in [0, 0.1) is 13.8 Å². The van der Waals surface area contributed by atoms with Crippen LogP contribution in [-0.4, -0.2) is 40.0 Å². The monoisotopic (exact) mass is 270 g/mol. The fourth-order valence-corrected chi connectivity index (χ4v) is 2.54. The van der Waals surface area contributed by atoms with Gasteiger partial charge in [0.2, 0.25) is 0 Å². The Morgan fingerprint density at radius 1 is 1.39 bits per heavy atom. The molecule has 0 aliphatic carbocycles. The minimum absolute atomic E-state index is 0.210. The molecule has 0 radical (unpaired) electrons. The van der Waals surface area contributed by atoms with Gasteiger partial charge in [0.25, 0.3) is 0 Å². The smallest absolute Gasteiger partial charge is 0.340 e. The summed E-state index contributed by atoms with van der Waals surface area (Å²) in [5.41, 5.74) is 0.726. The van der Waals surface area contributed by atoms with E-state index < -0.39 is 5.97 Å². The number of hydrogen-bond donors (Lipinski definition) is 1. The van der Waals surface area contributed by atoms with E-state index >= 15 is 0 Å². The van der Waals surface area contributed by atoms with Crippen molar-refractivity contribution in [1.82, 2.24) is 9.97 Å². The Balaban J connectivity index is 2.71. The Morgan fingerprint density at radius 3 is 2.72 bits per heavy atom. The second-order valence-corrected chi connectivity index (χ2v) is 4.82. The van der Waals surface area contributed by atoms with Crippen molar-refractivity contribution in [2.45, 2.75) is 32.2 Å². The fraction of sp³-hybridized carbons (Fsp3) is 0.583. The predicted molar refractivity (Wildman–Crippen MR) is 70.3 cm³/mol. The lowest BCUT2D eigenvalue weighted by molar-refractivity contribution is 0.0690. The van der Waals surface area contributed by atoms with Crippen molar-refractivity contribution in [2.75, 3.05) is 19.0 Å². The second-order valence-electron chi connectivity index (χ2n) is 3.74. The lowest BCUT2D eigenvalue weighted by atomic mass is 10.2. The summed E-state index contributed by atoms with van der Waals surface area (Å²) in [6, 6.07) is 0. The highest BCUT2D eigenvalue weighted by Crippen LogP contribution is 2.23. The Bertz CT molecular complexity index is 424. The highest BCUT2D eigenvalue weighted by Gasteiger charge is 2.17. The molecule has 0 amide bonds. The van der Waals surface area contributed by atoms with Crippen molar-refractivity contribution in [3.8, 4) is 0 Å². The van der Waals surface area contributed by atoms with E-state index in [1.807, 2.05) is 6.92 Å². The van der Waals surface area contributed by atoms with Crippen LogP contribution in [0.25, 0.3) is 0 Å². The van der Waals surface area contributed by atoms with E-state index in [4.69, 9.17) is 9.84 Å². The van der Waals surface area contributed by atoms with Gasteiger partial charge in [-0.05, 0) is 27.2 Å². The topological polar surface area (TPSA) is 72.3 Å². The number of thioether (sulfide) groups is 1. The first kappa shape index (κ1) is 14.9. The average molecular weight is 270 g/mol. The van der Waals surface area contributed by atoms with E-state index in [0.717, 1.165) is 12.2 Å². The summed E-state index contributed by atoms with van der Waals surface area (Å²) in [6.45, 7) is 6.81. The third-order valence-corrected chi connectivity index (χ3v) is 3.32. The Labute approximate surface area is 111 Å². The first-order valence-electron chi connectivity index (χ1n) is 5.85. The number of nitrogens with zero attached hydrogens (tertiary/aromatic N) is 2. The van der Waals surface area contributed by atoms with Crippen LogP contribution in [0.5, 0.6) is 0 Å². The summed E-state index contributed by atoms with van der Waals surface area (Å²) in [7, 11) is 0. The number of carboxylic acids is 1. The lowest BCUT2D eigenvalue weighted by Crippen LogP contribution is -2.08. The highest BCUT2D eigenvalue weighted by atomic mass is 32.2. The van der Waals surface area contributed by atoms with E-state index in [0.29, 0.717) is 29.8 Å². The minimum Gasteiger partial charge on any atom is -0.478 e. The van der Waals surface area contributed by atoms with Gasteiger partial charge in [-0.3, -0.25) is 0 Å². The molecule has 1 aromatic rings. The zero-order valence-electron chi connectivity index (χ0n) is 10.9. The van der Waals surface area contributed by atoms with Crippen molar-refractivity contribution >= 4 is 17.7 Å². The summed E-state index contributed by atoms with van der Waals surface area (Å²) in [5.74, 6) is 0.417. The number of carboxylic acid groups (broad SMARTS) is 1. The maximum absolute atomic E-state index is 11.2.